The van der Waals surface area contributed by atoms with Gasteiger partial charge in [0, 0.05) is 17.0 Å². The molecule has 3 heteroatoms. The van der Waals surface area contributed by atoms with E-state index >= 15 is 0 Å². The zero-order chi connectivity index (χ0) is 14.9. The summed E-state index contributed by atoms with van der Waals surface area (Å²) in [5, 5.41) is 4.81. The van der Waals surface area contributed by atoms with E-state index in [1.54, 1.807) is 11.3 Å². The number of nitrogens with one attached hydrogen (secondary N) is 1. The van der Waals surface area contributed by atoms with Crippen LogP contribution in [-0.4, -0.2) is 4.98 Å². The first-order chi connectivity index (χ1) is 9.38. The van der Waals surface area contributed by atoms with Crippen molar-refractivity contribution in [2.75, 3.05) is 0 Å². The van der Waals surface area contributed by atoms with E-state index in [1.165, 1.54) is 27.3 Å². The highest BCUT2D eigenvalue weighted by atomic mass is 32.1. The van der Waals surface area contributed by atoms with Gasteiger partial charge in [-0.2, -0.15) is 0 Å². The molecule has 0 aliphatic heterocycles. The second-order valence-corrected chi connectivity index (χ2v) is 7.05. The molecule has 0 aliphatic carbocycles. The summed E-state index contributed by atoms with van der Waals surface area (Å²) in [6.45, 7) is 13.0. The van der Waals surface area contributed by atoms with Gasteiger partial charge in [-0.05, 0) is 52.7 Å². The van der Waals surface area contributed by atoms with Crippen LogP contribution >= 0.6 is 11.3 Å². The van der Waals surface area contributed by atoms with Crippen molar-refractivity contribution in [1.29, 1.82) is 0 Å². The lowest BCUT2D eigenvalue weighted by Crippen LogP contribution is -2.23. The topological polar surface area (TPSA) is 24.9 Å². The van der Waals surface area contributed by atoms with Crippen molar-refractivity contribution < 1.29 is 0 Å². The van der Waals surface area contributed by atoms with Gasteiger partial charge < -0.3 is 5.32 Å². The van der Waals surface area contributed by atoms with Gasteiger partial charge in [0.15, 0.2) is 0 Å². The molecule has 0 saturated heterocycles. The quantitative estimate of drug-likeness (QED) is 0.875. The van der Waals surface area contributed by atoms with Crippen LogP contribution < -0.4 is 5.32 Å². The third kappa shape index (κ3) is 3.28. The lowest BCUT2D eigenvalue weighted by Gasteiger charge is -2.21. The van der Waals surface area contributed by atoms with Crippen molar-refractivity contribution in [3.8, 4) is 0 Å². The van der Waals surface area contributed by atoms with Crippen molar-refractivity contribution in [1.82, 2.24) is 10.3 Å². The van der Waals surface area contributed by atoms with Crippen LogP contribution in [-0.2, 0) is 0 Å². The summed E-state index contributed by atoms with van der Waals surface area (Å²) in [6, 6.07) is 7.26. The Morgan fingerprint density at radius 1 is 1.05 bits per heavy atom. The van der Waals surface area contributed by atoms with E-state index in [9.17, 15) is 0 Å². The van der Waals surface area contributed by atoms with E-state index < -0.39 is 0 Å². The Balaban J connectivity index is 2.14. The number of aryl methyl sites for hydroxylation is 4. The van der Waals surface area contributed by atoms with Crippen LogP contribution in [0, 0.1) is 27.7 Å². The molecule has 0 bridgehead atoms. The Kier molecular flexibility index (Phi) is 4.61. The van der Waals surface area contributed by atoms with Crippen LogP contribution in [0.15, 0.2) is 18.2 Å². The van der Waals surface area contributed by atoms with Crippen molar-refractivity contribution in [3.63, 3.8) is 0 Å². The molecule has 2 atom stereocenters. The van der Waals surface area contributed by atoms with Crippen LogP contribution in [0.25, 0.3) is 0 Å². The Labute approximate surface area is 126 Å². The van der Waals surface area contributed by atoms with E-state index in [1.807, 2.05) is 0 Å². The maximum absolute atomic E-state index is 4.65. The number of nitrogens with zero attached hydrogens (tertiary/aromatic N) is 1. The molecule has 2 aromatic rings. The molecule has 0 amide bonds. The fraction of sp³-hybridized carbons (Fsp3) is 0.471. The van der Waals surface area contributed by atoms with E-state index in [2.05, 4.69) is 70.0 Å². The van der Waals surface area contributed by atoms with Crippen LogP contribution in [0.1, 0.15) is 58.2 Å². The molecule has 2 nitrogen and oxygen atoms in total. The van der Waals surface area contributed by atoms with Crippen molar-refractivity contribution >= 4 is 11.3 Å². The van der Waals surface area contributed by atoms with Crippen molar-refractivity contribution in [2.24, 2.45) is 0 Å². The molecule has 1 aromatic heterocycles. The van der Waals surface area contributed by atoms with Crippen molar-refractivity contribution in [3.05, 3.63) is 50.5 Å². The van der Waals surface area contributed by atoms with E-state index in [4.69, 9.17) is 0 Å². The average molecular weight is 288 g/mol. The lowest BCUT2D eigenvalue weighted by atomic mass is 9.99. The maximum atomic E-state index is 4.65. The smallest absolute Gasteiger partial charge is 0.0900 e. The summed E-state index contributed by atoms with van der Waals surface area (Å²) in [4.78, 5) is 5.96. The Bertz CT molecular complexity index is 601. The first-order valence-electron chi connectivity index (χ1n) is 7.15. The Hall–Kier alpha value is -1.19. The minimum Gasteiger partial charge on any atom is -0.302 e. The third-order valence-corrected chi connectivity index (χ3v) is 4.64. The van der Waals surface area contributed by atoms with Gasteiger partial charge in [0.2, 0.25) is 0 Å². The van der Waals surface area contributed by atoms with E-state index in [-0.39, 0.29) is 6.04 Å². The van der Waals surface area contributed by atoms with Gasteiger partial charge in [-0.15, -0.1) is 11.3 Å². The Morgan fingerprint density at radius 2 is 1.75 bits per heavy atom. The molecule has 1 N–H and O–H groups in total. The number of hydrogen-bond acceptors (Lipinski definition) is 3. The van der Waals surface area contributed by atoms with Gasteiger partial charge in [-0.3, -0.25) is 0 Å². The summed E-state index contributed by atoms with van der Waals surface area (Å²) in [5.41, 5.74) is 5.22. The fourth-order valence-electron chi connectivity index (χ4n) is 2.80. The highest BCUT2D eigenvalue weighted by Gasteiger charge is 2.17. The number of thiazole rings is 1. The molecule has 20 heavy (non-hydrogen) atoms. The van der Waals surface area contributed by atoms with Gasteiger partial charge in [-0.25, -0.2) is 4.98 Å². The maximum Gasteiger partial charge on any atom is 0.0900 e. The lowest BCUT2D eigenvalue weighted by molar-refractivity contribution is 0.484. The molecule has 0 saturated carbocycles. The van der Waals surface area contributed by atoms with E-state index in [0.29, 0.717) is 6.04 Å². The second-order valence-electron chi connectivity index (χ2n) is 5.64. The zero-order valence-corrected chi connectivity index (χ0v) is 14.1. The molecule has 0 spiro atoms. The number of aromatic nitrogens is 1. The first kappa shape index (κ1) is 15.2. The Morgan fingerprint density at radius 3 is 2.30 bits per heavy atom. The number of benzene rings is 1. The summed E-state index contributed by atoms with van der Waals surface area (Å²) in [7, 11) is 0. The monoisotopic (exact) mass is 288 g/mol. The minimum absolute atomic E-state index is 0.274. The zero-order valence-electron chi connectivity index (χ0n) is 13.2. The van der Waals surface area contributed by atoms with Crippen molar-refractivity contribution in [2.45, 2.75) is 53.6 Å². The summed E-state index contributed by atoms with van der Waals surface area (Å²) < 4.78 is 0. The van der Waals surface area contributed by atoms with Gasteiger partial charge in [-0.1, -0.05) is 23.8 Å². The highest BCUT2D eigenvalue weighted by molar-refractivity contribution is 7.11. The van der Waals surface area contributed by atoms with Gasteiger partial charge in [0.1, 0.15) is 0 Å². The molecule has 1 heterocycles. The number of hydrogen-bond donors (Lipinski definition) is 1. The SMILES string of the molecule is Cc1ccc(C(C)NC(C)c2nc(C)sc2C)c(C)c1. The standard InChI is InChI=1S/C17H24N2S/c1-10-7-8-16(11(2)9-10)12(3)18-13(4)17-14(5)20-15(6)19-17/h7-9,12-13,18H,1-6H3. The summed E-state index contributed by atoms with van der Waals surface area (Å²) in [6.07, 6.45) is 0. The van der Waals surface area contributed by atoms with E-state index in [0.717, 1.165) is 5.01 Å². The molecule has 2 rings (SSSR count). The molecule has 0 fully saturated rings. The van der Waals surface area contributed by atoms with Crippen LogP contribution in [0.4, 0.5) is 0 Å². The minimum atomic E-state index is 0.274. The molecule has 1 aromatic carbocycles. The van der Waals surface area contributed by atoms with Crippen LogP contribution in [0.3, 0.4) is 0 Å². The predicted molar refractivity (Wildman–Crippen MR) is 87.5 cm³/mol. The molecule has 0 aliphatic rings. The van der Waals surface area contributed by atoms with Crippen LogP contribution in [0.2, 0.25) is 0 Å². The van der Waals surface area contributed by atoms with Gasteiger partial charge in [0.05, 0.1) is 10.7 Å². The molecule has 0 radical (unpaired) electrons. The van der Waals surface area contributed by atoms with Gasteiger partial charge in [0.25, 0.3) is 0 Å². The average Bonchev–Trinajstić information content (AvgIpc) is 2.68. The molecule has 2 unspecified atom stereocenters. The normalized spacial score (nSPS) is 14.3. The first-order valence-corrected chi connectivity index (χ1v) is 7.97. The summed E-state index contributed by atoms with van der Waals surface area (Å²) >= 11 is 1.77. The predicted octanol–water partition coefficient (Wildman–Crippen LogP) is 4.79. The third-order valence-electron chi connectivity index (χ3n) is 3.74. The number of rotatable bonds is 4. The second kappa shape index (κ2) is 6.06. The molecule has 108 valence electrons. The van der Waals surface area contributed by atoms with Crippen LogP contribution in [0.5, 0.6) is 0 Å². The molecular formula is C17H24N2S. The molecular weight excluding hydrogens is 264 g/mol. The van der Waals surface area contributed by atoms with Gasteiger partial charge >= 0.3 is 0 Å². The highest BCUT2D eigenvalue weighted by Crippen LogP contribution is 2.26. The summed E-state index contributed by atoms with van der Waals surface area (Å²) in [5.74, 6) is 0. The fourth-order valence-corrected chi connectivity index (χ4v) is 3.72. The largest absolute Gasteiger partial charge is 0.302 e.